The monoisotopic (exact) mass is 372 g/mol. The predicted molar refractivity (Wildman–Crippen MR) is 96.3 cm³/mol. The first-order chi connectivity index (χ1) is 10.8. The van der Waals surface area contributed by atoms with Crippen LogP contribution in [0.4, 0.5) is 11.4 Å². The van der Waals surface area contributed by atoms with Crippen LogP contribution in [0, 0.1) is 0 Å². The summed E-state index contributed by atoms with van der Waals surface area (Å²) < 4.78 is 26.1. The van der Waals surface area contributed by atoms with Gasteiger partial charge in [-0.05, 0) is 44.2 Å². The predicted octanol–water partition coefficient (Wildman–Crippen LogP) is 4.25. The van der Waals surface area contributed by atoms with Gasteiger partial charge in [-0.25, -0.2) is 8.42 Å². The van der Waals surface area contributed by atoms with Gasteiger partial charge < -0.3 is 10.6 Å². The average molecular weight is 373 g/mol. The van der Waals surface area contributed by atoms with E-state index in [2.05, 4.69) is 0 Å². The molecule has 0 amide bonds. The molecule has 23 heavy (non-hydrogen) atoms. The maximum atomic E-state index is 13.1. The van der Waals surface area contributed by atoms with Crippen LogP contribution in [0.2, 0.25) is 10.0 Å². The van der Waals surface area contributed by atoms with Crippen molar-refractivity contribution in [2.75, 3.05) is 23.7 Å². The van der Waals surface area contributed by atoms with E-state index >= 15 is 0 Å². The zero-order chi connectivity index (χ0) is 17.2. The number of hydrogen-bond donors (Lipinski definition) is 1. The van der Waals surface area contributed by atoms with Gasteiger partial charge in [0.05, 0.1) is 26.3 Å². The minimum Gasteiger partial charge on any atom is -0.398 e. The number of nitrogens with two attached hydrogens (primary N) is 1. The summed E-state index contributed by atoms with van der Waals surface area (Å²) in [6, 6.07) is 9.33. The number of rotatable bonds is 5. The number of sulfone groups is 1. The quantitative estimate of drug-likeness (QED) is 0.796. The molecule has 124 valence electrons. The summed E-state index contributed by atoms with van der Waals surface area (Å²) in [5.41, 5.74) is 6.57. The van der Waals surface area contributed by atoms with Gasteiger partial charge in [0.2, 0.25) is 9.84 Å². The Balaban J connectivity index is 2.71. The fourth-order valence-electron chi connectivity index (χ4n) is 2.37. The summed E-state index contributed by atoms with van der Waals surface area (Å²) in [7, 11) is -3.82. The number of benzene rings is 2. The molecule has 0 aromatic heterocycles. The van der Waals surface area contributed by atoms with Crippen molar-refractivity contribution < 1.29 is 8.42 Å². The zero-order valence-corrected chi connectivity index (χ0v) is 15.2. The lowest BCUT2D eigenvalue weighted by Crippen LogP contribution is -2.24. The van der Waals surface area contributed by atoms with Gasteiger partial charge in [-0.2, -0.15) is 0 Å². The number of halogens is 2. The Morgan fingerprint density at radius 1 is 1.04 bits per heavy atom. The largest absolute Gasteiger partial charge is 0.398 e. The Morgan fingerprint density at radius 2 is 1.70 bits per heavy atom. The van der Waals surface area contributed by atoms with E-state index < -0.39 is 9.84 Å². The van der Waals surface area contributed by atoms with E-state index in [1.165, 1.54) is 18.2 Å². The molecule has 2 rings (SSSR count). The molecule has 0 saturated carbocycles. The highest BCUT2D eigenvalue weighted by atomic mass is 35.5. The van der Waals surface area contributed by atoms with Crippen molar-refractivity contribution in [1.82, 2.24) is 0 Å². The van der Waals surface area contributed by atoms with Crippen LogP contribution >= 0.6 is 23.2 Å². The molecular weight excluding hydrogens is 355 g/mol. The highest BCUT2D eigenvalue weighted by Gasteiger charge is 2.26. The van der Waals surface area contributed by atoms with Gasteiger partial charge in [0.25, 0.3) is 0 Å². The molecule has 0 saturated heterocycles. The van der Waals surface area contributed by atoms with Crippen molar-refractivity contribution >= 4 is 44.4 Å². The number of nitrogens with zero attached hydrogens (tertiary/aromatic N) is 1. The molecule has 0 aliphatic carbocycles. The number of anilines is 2. The van der Waals surface area contributed by atoms with Crippen LogP contribution in [0.1, 0.15) is 13.8 Å². The van der Waals surface area contributed by atoms with Crippen LogP contribution in [0.15, 0.2) is 46.2 Å². The first-order valence-corrected chi connectivity index (χ1v) is 9.40. The van der Waals surface area contributed by atoms with Gasteiger partial charge in [0, 0.05) is 13.1 Å². The minimum atomic E-state index is -3.82. The van der Waals surface area contributed by atoms with Crippen molar-refractivity contribution in [2.45, 2.75) is 23.6 Å². The van der Waals surface area contributed by atoms with E-state index in [9.17, 15) is 8.42 Å². The summed E-state index contributed by atoms with van der Waals surface area (Å²) in [4.78, 5) is 2.10. The van der Waals surface area contributed by atoms with Crippen molar-refractivity contribution in [3.05, 3.63) is 46.4 Å². The summed E-state index contributed by atoms with van der Waals surface area (Å²) in [6.45, 7) is 5.26. The minimum absolute atomic E-state index is 0.0678. The second-order valence-corrected chi connectivity index (χ2v) is 7.65. The third-order valence-electron chi connectivity index (χ3n) is 3.60. The molecule has 4 nitrogen and oxygen atoms in total. The van der Waals surface area contributed by atoms with E-state index in [1.54, 1.807) is 18.2 Å². The summed E-state index contributed by atoms with van der Waals surface area (Å²) in [5, 5.41) is 0.380. The van der Waals surface area contributed by atoms with Crippen LogP contribution < -0.4 is 10.6 Å². The van der Waals surface area contributed by atoms with Gasteiger partial charge in [0.15, 0.2) is 0 Å². The Kier molecular flexibility index (Phi) is 5.45. The lowest BCUT2D eigenvalue weighted by Gasteiger charge is -2.24. The van der Waals surface area contributed by atoms with Gasteiger partial charge >= 0.3 is 0 Å². The molecule has 0 aliphatic heterocycles. The van der Waals surface area contributed by atoms with Crippen LogP contribution in [0.3, 0.4) is 0 Å². The number of hydrogen-bond acceptors (Lipinski definition) is 4. The van der Waals surface area contributed by atoms with E-state index in [1.807, 2.05) is 18.7 Å². The van der Waals surface area contributed by atoms with Gasteiger partial charge in [-0.1, -0.05) is 29.3 Å². The lowest BCUT2D eigenvalue weighted by atomic mass is 10.3. The topological polar surface area (TPSA) is 63.4 Å². The first kappa shape index (κ1) is 17.9. The Morgan fingerprint density at radius 3 is 2.26 bits per heavy atom. The summed E-state index contributed by atoms with van der Waals surface area (Å²) >= 11 is 12.2. The van der Waals surface area contributed by atoms with Crippen molar-refractivity contribution in [2.24, 2.45) is 0 Å². The van der Waals surface area contributed by atoms with Gasteiger partial charge in [0.1, 0.15) is 4.90 Å². The molecule has 0 spiro atoms. The van der Waals surface area contributed by atoms with Gasteiger partial charge in [-0.3, -0.25) is 0 Å². The molecule has 2 aromatic carbocycles. The normalized spacial score (nSPS) is 11.5. The van der Waals surface area contributed by atoms with Crippen molar-refractivity contribution in [3.63, 3.8) is 0 Å². The molecule has 2 aromatic rings. The Hall–Kier alpha value is -1.43. The smallest absolute Gasteiger partial charge is 0.210 e. The molecule has 0 heterocycles. The molecule has 2 N–H and O–H groups in total. The van der Waals surface area contributed by atoms with E-state index in [-0.39, 0.29) is 19.8 Å². The lowest BCUT2D eigenvalue weighted by molar-refractivity contribution is 0.596. The fourth-order valence-corrected chi connectivity index (χ4v) is 4.64. The molecule has 0 radical (unpaired) electrons. The molecule has 0 unspecified atom stereocenters. The zero-order valence-electron chi connectivity index (χ0n) is 12.9. The molecule has 0 fully saturated rings. The molecule has 0 aliphatic rings. The maximum Gasteiger partial charge on any atom is 0.210 e. The highest BCUT2D eigenvalue weighted by Crippen LogP contribution is 2.37. The SMILES string of the molecule is CCN(CC)c1cccc(Cl)c1S(=O)(=O)c1ccc(N)c(Cl)c1. The molecule has 0 bridgehead atoms. The highest BCUT2D eigenvalue weighted by molar-refractivity contribution is 7.91. The third-order valence-corrected chi connectivity index (χ3v) is 6.20. The van der Waals surface area contributed by atoms with Crippen LogP contribution in [0.25, 0.3) is 0 Å². The van der Waals surface area contributed by atoms with E-state index in [4.69, 9.17) is 28.9 Å². The van der Waals surface area contributed by atoms with Gasteiger partial charge in [-0.15, -0.1) is 0 Å². The third kappa shape index (κ3) is 3.42. The molecular formula is C16H18Cl2N2O2S. The summed E-state index contributed by atoms with van der Waals surface area (Å²) in [5.74, 6) is 0. The van der Waals surface area contributed by atoms with Crippen molar-refractivity contribution in [1.29, 1.82) is 0 Å². The second-order valence-electron chi connectivity index (χ2n) is 4.95. The van der Waals surface area contributed by atoms with Crippen LogP contribution in [-0.2, 0) is 9.84 Å². The molecule has 0 atom stereocenters. The van der Waals surface area contributed by atoms with E-state index in [0.717, 1.165) is 0 Å². The standard InChI is InChI=1S/C16H18Cl2N2O2S/c1-3-20(4-2)15-7-5-6-12(17)16(15)23(21,22)11-8-9-14(19)13(18)10-11/h5-10H,3-4,19H2,1-2H3. The maximum absolute atomic E-state index is 13.1. The average Bonchev–Trinajstić information content (AvgIpc) is 2.51. The Bertz CT molecular complexity index is 819. The van der Waals surface area contributed by atoms with Crippen LogP contribution in [0.5, 0.6) is 0 Å². The van der Waals surface area contributed by atoms with E-state index in [0.29, 0.717) is 24.5 Å². The molecule has 7 heteroatoms. The Labute approximate surface area is 146 Å². The summed E-state index contributed by atoms with van der Waals surface area (Å²) in [6.07, 6.45) is 0. The first-order valence-electron chi connectivity index (χ1n) is 7.16. The second kappa shape index (κ2) is 6.99. The van der Waals surface area contributed by atoms with Crippen molar-refractivity contribution in [3.8, 4) is 0 Å². The van der Waals surface area contributed by atoms with Crippen LogP contribution in [-0.4, -0.2) is 21.5 Å². The number of nitrogen functional groups attached to an aromatic ring is 1. The fraction of sp³-hybridized carbons (Fsp3) is 0.250.